The van der Waals surface area contributed by atoms with Crippen molar-refractivity contribution in [3.63, 3.8) is 0 Å². The van der Waals surface area contributed by atoms with Gasteiger partial charge in [-0.3, -0.25) is 0 Å². The number of hydrogen-bond acceptors (Lipinski definition) is 7. The zero-order valence-corrected chi connectivity index (χ0v) is 13.4. The Kier molecular flexibility index (Phi) is 5.15. The lowest BCUT2D eigenvalue weighted by Crippen LogP contribution is -2.62. The van der Waals surface area contributed by atoms with Gasteiger partial charge < -0.3 is 33.5 Å². The van der Waals surface area contributed by atoms with Crippen molar-refractivity contribution >= 4 is 0 Å². The van der Waals surface area contributed by atoms with Crippen LogP contribution in [0.5, 0.6) is 5.75 Å². The lowest BCUT2D eigenvalue weighted by atomic mass is 9.97. The second-order valence-electron chi connectivity index (χ2n) is 5.51. The minimum absolute atomic E-state index is 0.318. The Bertz CT molecular complexity index is 523. The van der Waals surface area contributed by atoms with Crippen molar-refractivity contribution in [2.45, 2.75) is 37.0 Å². The lowest BCUT2D eigenvalue weighted by Gasteiger charge is -2.47. The molecule has 0 amide bonds. The number of rotatable bonds is 4. The Labute approximate surface area is 135 Å². The average molecular weight is 326 g/mol. The molecule has 128 valence electrons. The van der Waals surface area contributed by atoms with Gasteiger partial charge in [-0.15, -0.1) is 0 Å². The largest absolute Gasteiger partial charge is 0.497 e. The van der Waals surface area contributed by atoms with Gasteiger partial charge in [0.05, 0.1) is 13.7 Å². The van der Waals surface area contributed by atoms with E-state index in [0.717, 1.165) is 11.3 Å². The first kappa shape index (κ1) is 16.6. The summed E-state index contributed by atoms with van der Waals surface area (Å²) in [6.45, 7) is 0.318. The van der Waals surface area contributed by atoms with Gasteiger partial charge in [0.2, 0.25) is 0 Å². The minimum Gasteiger partial charge on any atom is -0.497 e. The molecule has 0 bridgehead atoms. The van der Waals surface area contributed by atoms with Crippen molar-refractivity contribution in [1.82, 2.24) is 0 Å². The van der Waals surface area contributed by atoms with Crippen LogP contribution in [-0.4, -0.2) is 63.7 Å². The van der Waals surface area contributed by atoms with E-state index in [2.05, 4.69) is 0 Å². The molecule has 1 aromatic rings. The van der Waals surface area contributed by atoms with Crippen molar-refractivity contribution in [1.29, 1.82) is 0 Å². The summed E-state index contributed by atoms with van der Waals surface area (Å²) in [5.74, 6) is 0.722. The van der Waals surface area contributed by atoms with Gasteiger partial charge in [0.1, 0.15) is 30.2 Å². The third-order valence-electron chi connectivity index (χ3n) is 4.18. The van der Waals surface area contributed by atoms with Crippen LogP contribution in [0.1, 0.15) is 11.9 Å². The van der Waals surface area contributed by atoms with Gasteiger partial charge in [-0.1, -0.05) is 12.1 Å². The summed E-state index contributed by atoms with van der Waals surface area (Å²) in [7, 11) is 4.61. The molecule has 2 saturated heterocycles. The van der Waals surface area contributed by atoms with Gasteiger partial charge in [-0.2, -0.15) is 0 Å². The number of benzene rings is 1. The molecule has 0 aromatic heterocycles. The molecule has 0 spiro atoms. The molecule has 2 fully saturated rings. The second kappa shape index (κ2) is 7.12. The number of fused-ring (bicyclic) bond motifs is 1. The Balaban J connectivity index is 1.78. The fraction of sp³-hybridized carbons (Fsp3) is 0.625. The fourth-order valence-corrected chi connectivity index (χ4v) is 2.99. The van der Waals surface area contributed by atoms with Crippen molar-refractivity contribution in [3.8, 4) is 5.75 Å². The highest BCUT2D eigenvalue weighted by atomic mass is 16.8. The van der Waals surface area contributed by atoms with Crippen LogP contribution >= 0.6 is 0 Å². The van der Waals surface area contributed by atoms with Gasteiger partial charge in [-0.05, 0) is 12.1 Å². The van der Waals surface area contributed by atoms with Crippen molar-refractivity contribution in [3.05, 3.63) is 29.8 Å². The molecule has 1 unspecified atom stereocenters. The fourth-order valence-electron chi connectivity index (χ4n) is 2.99. The molecule has 1 N–H and O–H groups in total. The van der Waals surface area contributed by atoms with Crippen molar-refractivity contribution < 1.29 is 33.5 Å². The van der Waals surface area contributed by atoms with Gasteiger partial charge >= 0.3 is 0 Å². The first-order valence-corrected chi connectivity index (χ1v) is 7.48. The summed E-state index contributed by atoms with van der Waals surface area (Å²) < 4.78 is 33.2. The maximum atomic E-state index is 10.3. The van der Waals surface area contributed by atoms with Crippen LogP contribution in [0.25, 0.3) is 0 Å². The molecule has 23 heavy (non-hydrogen) atoms. The summed E-state index contributed by atoms with van der Waals surface area (Å²) in [6, 6.07) is 7.47. The van der Waals surface area contributed by atoms with Gasteiger partial charge in [0, 0.05) is 19.8 Å². The first-order valence-electron chi connectivity index (χ1n) is 7.48. The number of aliphatic hydroxyl groups is 1. The molecule has 1 aromatic carbocycles. The average Bonchev–Trinajstić information content (AvgIpc) is 2.60. The quantitative estimate of drug-likeness (QED) is 0.879. The van der Waals surface area contributed by atoms with Crippen LogP contribution in [0.3, 0.4) is 0 Å². The number of hydrogen-bond donors (Lipinski definition) is 1. The number of ether oxygens (including phenoxy) is 6. The molecule has 0 aliphatic carbocycles. The van der Waals surface area contributed by atoms with Crippen molar-refractivity contribution in [2.24, 2.45) is 0 Å². The number of aliphatic hydroxyl groups excluding tert-OH is 1. The SMILES string of the molecule is COc1cccc(C2OC[C@H]3O[C@@H](OC)[C@@H](O)[C@H](OC)[C@H]3O2)c1. The van der Waals surface area contributed by atoms with Crippen LogP contribution in [0.2, 0.25) is 0 Å². The predicted octanol–water partition coefficient (Wildman–Crippen LogP) is 0.856. The van der Waals surface area contributed by atoms with E-state index in [1.165, 1.54) is 14.2 Å². The Morgan fingerprint density at radius 2 is 1.96 bits per heavy atom. The third kappa shape index (κ3) is 3.21. The standard InChI is InChI=1S/C16H22O7/c1-18-10-6-4-5-9(7-10)15-21-8-11-13(23-15)14(19-2)12(17)16(20-3)22-11/h4-7,11-17H,8H2,1-3H3/t11-,12+,13+,14+,15?,16-/m1/s1. The molecule has 6 atom stereocenters. The maximum Gasteiger partial charge on any atom is 0.186 e. The molecule has 0 radical (unpaired) electrons. The van der Waals surface area contributed by atoms with Crippen LogP contribution < -0.4 is 4.74 Å². The van der Waals surface area contributed by atoms with E-state index in [4.69, 9.17) is 28.4 Å². The summed E-state index contributed by atoms with van der Waals surface area (Å²) >= 11 is 0. The molecular weight excluding hydrogens is 304 g/mol. The first-order chi connectivity index (χ1) is 11.2. The zero-order valence-electron chi connectivity index (χ0n) is 13.4. The van der Waals surface area contributed by atoms with Crippen molar-refractivity contribution in [2.75, 3.05) is 27.9 Å². The normalized spacial score (nSPS) is 37.2. The van der Waals surface area contributed by atoms with Crippen LogP contribution in [0, 0.1) is 0 Å². The highest BCUT2D eigenvalue weighted by Crippen LogP contribution is 2.35. The minimum atomic E-state index is -0.935. The summed E-state index contributed by atoms with van der Waals surface area (Å²) in [5.41, 5.74) is 0.834. The summed E-state index contributed by atoms with van der Waals surface area (Å²) in [4.78, 5) is 0. The third-order valence-corrected chi connectivity index (χ3v) is 4.18. The maximum absolute atomic E-state index is 10.3. The van der Waals surface area contributed by atoms with E-state index in [9.17, 15) is 5.11 Å². The van der Waals surface area contributed by atoms with Crippen LogP contribution in [-0.2, 0) is 23.7 Å². The van der Waals surface area contributed by atoms with E-state index in [1.807, 2.05) is 24.3 Å². The van der Waals surface area contributed by atoms with Gasteiger partial charge in [0.25, 0.3) is 0 Å². The molecule has 3 rings (SSSR count). The Hall–Kier alpha value is -1.22. The van der Waals surface area contributed by atoms with E-state index in [-0.39, 0.29) is 6.10 Å². The highest BCUT2D eigenvalue weighted by molar-refractivity contribution is 5.29. The summed E-state index contributed by atoms with van der Waals surface area (Å²) in [5, 5.41) is 10.3. The lowest BCUT2D eigenvalue weighted by molar-refractivity contribution is -0.360. The number of methoxy groups -OCH3 is 3. The summed E-state index contributed by atoms with van der Waals surface area (Å²) in [6.07, 6.45) is -3.65. The molecule has 2 aliphatic rings. The molecule has 2 heterocycles. The molecule has 0 saturated carbocycles. The van der Waals surface area contributed by atoms with E-state index in [1.54, 1.807) is 7.11 Å². The molecule has 2 aliphatic heterocycles. The highest BCUT2D eigenvalue weighted by Gasteiger charge is 2.50. The topological polar surface area (TPSA) is 75.6 Å². The van der Waals surface area contributed by atoms with Crippen LogP contribution in [0.15, 0.2) is 24.3 Å². The Morgan fingerprint density at radius 1 is 1.13 bits per heavy atom. The van der Waals surface area contributed by atoms with Gasteiger partial charge in [-0.25, -0.2) is 0 Å². The molecule has 7 nitrogen and oxygen atoms in total. The molecular formula is C16H22O7. The predicted molar refractivity (Wildman–Crippen MR) is 79.0 cm³/mol. The van der Waals surface area contributed by atoms with Crippen LogP contribution in [0.4, 0.5) is 0 Å². The molecule has 7 heteroatoms. The zero-order chi connectivity index (χ0) is 16.4. The smallest absolute Gasteiger partial charge is 0.186 e. The van der Waals surface area contributed by atoms with E-state index in [0.29, 0.717) is 6.61 Å². The monoisotopic (exact) mass is 326 g/mol. The Morgan fingerprint density at radius 3 is 2.65 bits per heavy atom. The second-order valence-corrected chi connectivity index (χ2v) is 5.51. The van der Waals surface area contributed by atoms with Gasteiger partial charge in [0.15, 0.2) is 12.6 Å². The van der Waals surface area contributed by atoms with E-state index >= 15 is 0 Å². The van der Waals surface area contributed by atoms with E-state index < -0.39 is 30.9 Å².